The number of nitrogens with one attached hydrogen (secondary N) is 1. The van der Waals surface area contributed by atoms with Crippen molar-refractivity contribution in [3.8, 4) is 5.88 Å². The third kappa shape index (κ3) is 5.43. The third-order valence-corrected chi connectivity index (χ3v) is 3.35. The van der Waals surface area contributed by atoms with Crippen molar-refractivity contribution in [2.75, 3.05) is 26.4 Å². The summed E-state index contributed by atoms with van der Waals surface area (Å²) in [6.07, 6.45) is 5.65. The first kappa shape index (κ1) is 15.2. The lowest BCUT2D eigenvalue weighted by molar-refractivity contribution is 0.0489. The first-order valence-corrected chi connectivity index (χ1v) is 7.46. The Morgan fingerprint density at radius 3 is 2.75 bits per heavy atom. The van der Waals surface area contributed by atoms with Gasteiger partial charge in [0.2, 0.25) is 5.88 Å². The molecule has 0 aliphatic carbocycles. The van der Waals surface area contributed by atoms with Gasteiger partial charge in [-0.1, -0.05) is 13.8 Å². The molecule has 0 aromatic carbocycles. The maximum absolute atomic E-state index is 5.69. The lowest BCUT2D eigenvalue weighted by atomic mass is 10.0. The summed E-state index contributed by atoms with van der Waals surface area (Å²) in [5.74, 6) is 1.84. The van der Waals surface area contributed by atoms with Crippen molar-refractivity contribution in [3.05, 3.63) is 18.1 Å². The molecule has 0 bridgehead atoms. The zero-order chi connectivity index (χ0) is 14.2. The Balaban J connectivity index is 1.70. The SMILES string of the molecule is CC(C)CNCc1cnc(OCC2CCOCC2)cn1. The maximum Gasteiger partial charge on any atom is 0.232 e. The fraction of sp³-hybridized carbons (Fsp3) is 0.733. The van der Waals surface area contributed by atoms with Crippen molar-refractivity contribution in [3.63, 3.8) is 0 Å². The van der Waals surface area contributed by atoms with Gasteiger partial charge in [0.25, 0.3) is 0 Å². The molecule has 0 atom stereocenters. The van der Waals surface area contributed by atoms with Gasteiger partial charge in [-0.05, 0) is 31.2 Å². The van der Waals surface area contributed by atoms with Crippen LogP contribution in [-0.2, 0) is 11.3 Å². The number of rotatable bonds is 7. The molecule has 0 saturated carbocycles. The van der Waals surface area contributed by atoms with Gasteiger partial charge >= 0.3 is 0 Å². The van der Waals surface area contributed by atoms with Crippen molar-refractivity contribution in [1.82, 2.24) is 15.3 Å². The minimum atomic E-state index is 0.581. The van der Waals surface area contributed by atoms with Crippen LogP contribution in [0.3, 0.4) is 0 Å². The van der Waals surface area contributed by atoms with E-state index in [0.29, 0.717) is 24.3 Å². The first-order chi connectivity index (χ1) is 9.74. The highest BCUT2D eigenvalue weighted by Crippen LogP contribution is 2.16. The van der Waals surface area contributed by atoms with Crippen molar-refractivity contribution in [1.29, 1.82) is 0 Å². The average Bonchev–Trinajstić information content (AvgIpc) is 2.47. The van der Waals surface area contributed by atoms with Crippen molar-refractivity contribution in [2.45, 2.75) is 33.2 Å². The smallest absolute Gasteiger partial charge is 0.232 e. The van der Waals surface area contributed by atoms with Crippen LogP contribution in [-0.4, -0.2) is 36.3 Å². The summed E-state index contributed by atoms with van der Waals surface area (Å²) in [6, 6.07) is 0. The Labute approximate surface area is 121 Å². The molecule has 1 fully saturated rings. The average molecular weight is 279 g/mol. The van der Waals surface area contributed by atoms with Crippen LogP contribution in [0.4, 0.5) is 0 Å². The summed E-state index contributed by atoms with van der Waals surface area (Å²) >= 11 is 0. The van der Waals surface area contributed by atoms with Crippen LogP contribution < -0.4 is 10.1 Å². The molecule has 0 spiro atoms. The fourth-order valence-corrected chi connectivity index (χ4v) is 2.11. The zero-order valence-corrected chi connectivity index (χ0v) is 12.5. The van der Waals surface area contributed by atoms with Gasteiger partial charge in [-0.25, -0.2) is 4.98 Å². The van der Waals surface area contributed by atoms with Crippen LogP contribution in [0, 0.1) is 11.8 Å². The maximum atomic E-state index is 5.69. The van der Waals surface area contributed by atoms with Crippen LogP contribution >= 0.6 is 0 Å². The molecule has 20 heavy (non-hydrogen) atoms. The van der Waals surface area contributed by atoms with Crippen LogP contribution in [0.1, 0.15) is 32.4 Å². The molecule has 5 nitrogen and oxygen atoms in total. The van der Waals surface area contributed by atoms with Crippen LogP contribution in [0.5, 0.6) is 5.88 Å². The molecule has 5 heteroatoms. The van der Waals surface area contributed by atoms with E-state index in [-0.39, 0.29) is 0 Å². The predicted octanol–water partition coefficient (Wildman–Crippen LogP) is 2.03. The van der Waals surface area contributed by atoms with Crippen molar-refractivity contribution in [2.24, 2.45) is 11.8 Å². The Kier molecular flexibility index (Phi) is 6.21. The normalized spacial score (nSPS) is 16.6. The predicted molar refractivity (Wildman–Crippen MR) is 77.6 cm³/mol. The summed E-state index contributed by atoms with van der Waals surface area (Å²) < 4.78 is 11.0. The lowest BCUT2D eigenvalue weighted by Crippen LogP contribution is -2.22. The Hall–Kier alpha value is -1.20. The number of hydrogen-bond donors (Lipinski definition) is 1. The Bertz CT molecular complexity index is 375. The van der Waals surface area contributed by atoms with E-state index in [9.17, 15) is 0 Å². The van der Waals surface area contributed by atoms with E-state index in [0.717, 1.165) is 44.8 Å². The molecule has 1 aromatic heterocycles. The van der Waals surface area contributed by atoms with E-state index in [1.807, 2.05) is 0 Å². The number of ether oxygens (including phenoxy) is 2. The number of nitrogens with zero attached hydrogens (tertiary/aromatic N) is 2. The topological polar surface area (TPSA) is 56.3 Å². The second-order valence-electron chi connectivity index (χ2n) is 5.74. The summed E-state index contributed by atoms with van der Waals surface area (Å²) in [6.45, 7) is 8.52. The third-order valence-electron chi connectivity index (χ3n) is 3.35. The highest BCUT2D eigenvalue weighted by atomic mass is 16.5. The molecule has 2 rings (SSSR count). The van der Waals surface area contributed by atoms with Crippen molar-refractivity contribution >= 4 is 0 Å². The van der Waals surface area contributed by atoms with E-state index in [4.69, 9.17) is 9.47 Å². The van der Waals surface area contributed by atoms with Crippen LogP contribution in [0.15, 0.2) is 12.4 Å². The summed E-state index contributed by atoms with van der Waals surface area (Å²) in [5.41, 5.74) is 0.948. The Morgan fingerprint density at radius 2 is 2.10 bits per heavy atom. The van der Waals surface area contributed by atoms with Gasteiger partial charge in [0.1, 0.15) is 0 Å². The minimum Gasteiger partial charge on any atom is -0.476 e. The van der Waals surface area contributed by atoms with E-state index in [1.165, 1.54) is 0 Å². The fourth-order valence-electron chi connectivity index (χ4n) is 2.11. The molecule has 1 aliphatic heterocycles. The monoisotopic (exact) mass is 279 g/mol. The van der Waals surface area contributed by atoms with E-state index >= 15 is 0 Å². The molecule has 0 unspecified atom stereocenters. The highest BCUT2D eigenvalue weighted by Gasteiger charge is 2.14. The molecular weight excluding hydrogens is 254 g/mol. The second-order valence-corrected chi connectivity index (χ2v) is 5.74. The summed E-state index contributed by atoms with van der Waals surface area (Å²) in [7, 11) is 0. The second kappa shape index (κ2) is 8.17. The molecule has 1 N–H and O–H groups in total. The lowest BCUT2D eigenvalue weighted by Gasteiger charge is -2.21. The van der Waals surface area contributed by atoms with Crippen molar-refractivity contribution < 1.29 is 9.47 Å². The van der Waals surface area contributed by atoms with Gasteiger partial charge in [0, 0.05) is 19.8 Å². The standard InChI is InChI=1S/C15H25N3O2/c1-12(2)7-16-8-14-9-18-15(10-17-14)20-11-13-3-5-19-6-4-13/h9-10,12-13,16H,3-8,11H2,1-2H3. The molecule has 2 heterocycles. The number of hydrogen-bond acceptors (Lipinski definition) is 5. The van der Waals surface area contributed by atoms with E-state index in [1.54, 1.807) is 12.4 Å². The van der Waals surface area contributed by atoms with E-state index < -0.39 is 0 Å². The van der Waals surface area contributed by atoms with Crippen LogP contribution in [0.25, 0.3) is 0 Å². The summed E-state index contributed by atoms with van der Waals surface area (Å²) in [5, 5.41) is 3.35. The molecule has 1 aromatic rings. The Morgan fingerprint density at radius 1 is 1.30 bits per heavy atom. The van der Waals surface area contributed by atoms with Gasteiger partial charge < -0.3 is 14.8 Å². The van der Waals surface area contributed by atoms with Gasteiger partial charge in [0.15, 0.2) is 0 Å². The molecule has 0 radical (unpaired) electrons. The van der Waals surface area contributed by atoms with Gasteiger partial charge in [-0.15, -0.1) is 0 Å². The molecule has 1 aliphatic rings. The largest absolute Gasteiger partial charge is 0.476 e. The van der Waals surface area contributed by atoms with Gasteiger partial charge in [0.05, 0.1) is 24.7 Å². The molecule has 112 valence electrons. The highest BCUT2D eigenvalue weighted by molar-refractivity contribution is 5.07. The molecule has 0 amide bonds. The molecular formula is C15H25N3O2. The van der Waals surface area contributed by atoms with Gasteiger partial charge in [-0.2, -0.15) is 0 Å². The first-order valence-electron chi connectivity index (χ1n) is 7.46. The summed E-state index contributed by atoms with van der Waals surface area (Å²) in [4.78, 5) is 8.67. The quantitative estimate of drug-likeness (QED) is 0.827. The van der Waals surface area contributed by atoms with Gasteiger partial charge in [-0.3, -0.25) is 4.98 Å². The van der Waals surface area contributed by atoms with Crippen LogP contribution in [0.2, 0.25) is 0 Å². The zero-order valence-electron chi connectivity index (χ0n) is 12.5. The van der Waals surface area contributed by atoms with E-state index in [2.05, 4.69) is 29.1 Å². The molecule has 1 saturated heterocycles. The minimum absolute atomic E-state index is 0.581. The number of aromatic nitrogens is 2.